The third kappa shape index (κ3) is 4.60. The standard InChI is InChI=1S/C43H27N5O.Pt/c1-46-25-24-45-43(46)29-11-8-12-30(26-29)47(38-17-9-15-35-36-21-19-28-10-2-3-13-32(28)41(36)49-42(35)38)31-20-22-34-33-14-4-5-16-37(33)48(39(34)27-31)40-18-6-7-23-44-40;/h2-25H,1H3;/q-2;+2. The molecule has 0 bridgehead atoms. The van der Waals surface area contributed by atoms with Crippen LogP contribution in [0, 0.1) is 12.1 Å². The van der Waals surface area contributed by atoms with Gasteiger partial charge < -0.3 is 18.5 Å². The molecule has 7 heteroatoms. The average molecular weight is 825 g/mol. The zero-order chi connectivity index (χ0) is 32.5. The van der Waals surface area contributed by atoms with Gasteiger partial charge in [0.05, 0.1) is 11.5 Å². The Morgan fingerprint density at radius 2 is 1.36 bits per heavy atom. The number of hydrogen-bond acceptors (Lipinski definition) is 4. The fourth-order valence-electron chi connectivity index (χ4n) is 7.16. The first-order valence-electron chi connectivity index (χ1n) is 16.2. The molecule has 4 heterocycles. The molecular formula is C43H27N5OPt. The van der Waals surface area contributed by atoms with Crippen LogP contribution < -0.4 is 4.90 Å². The van der Waals surface area contributed by atoms with Crippen LogP contribution >= 0.6 is 0 Å². The number of anilines is 3. The summed E-state index contributed by atoms with van der Waals surface area (Å²) in [4.78, 5) is 11.6. The number of para-hydroxylation sites is 2. The first-order valence-corrected chi connectivity index (χ1v) is 16.2. The third-order valence-corrected chi connectivity index (χ3v) is 9.38. The van der Waals surface area contributed by atoms with Crippen LogP contribution in [0.1, 0.15) is 0 Å². The van der Waals surface area contributed by atoms with Gasteiger partial charge in [0.15, 0.2) is 5.58 Å². The number of furan rings is 1. The number of fused-ring (bicyclic) bond motifs is 8. The van der Waals surface area contributed by atoms with E-state index in [-0.39, 0.29) is 21.1 Å². The normalized spacial score (nSPS) is 11.5. The SMILES string of the molecule is Cn1ccnc1-c1[c-]c(N(c2[c-]c3c(cc2)c2ccccc2n3-c2ccccn2)c2cccc3c2oc2c4ccccc4ccc32)ccc1.[Pt+2]. The Hall–Kier alpha value is -5.97. The van der Waals surface area contributed by atoms with Crippen LogP contribution in [-0.4, -0.2) is 19.1 Å². The van der Waals surface area contributed by atoms with Gasteiger partial charge in [-0.15, -0.1) is 47.3 Å². The first-order chi connectivity index (χ1) is 24.2. The molecule has 0 unspecified atom stereocenters. The number of hydrogen-bond donors (Lipinski definition) is 0. The summed E-state index contributed by atoms with van der Waals surface area (Å²) in [7, 11) is 2.00. The number of pyridine rings is 1. The molecule has 10 rings (SSSR count). The van der Waals surface area contributed by atoms with E-state index in [9.17, 15) is 0 Å². The monoisotopic (exact) mass is 824 g/mol. The van der Waals surface area contributed by atoms with Crippen LogP contribution in [0.15, 0.2) is 150 Å². The van der Waals surface area contributed by atoms with Gasteiger partial charge in [-0.1, -0.05) is 77.9 Å². The number of aromatic nitrogens is 4. The van der Waals surface area contributed by atoms with Gasteiger partial charge in [0.25, 0.3) is 0 Å². The van der Waals surface area contributed by atoms with Gasteiger partial charge in [-0.3, -0.25) is 4.98 Å². The van der Waals surface area contributed by atoms with Crippen molar-refractivity contribution in [2.75, 3.05) is 4.90 Å². The minimum Gasteiger partial charge on any atom is -0.453 e. The van der Waals surface area contributed by atoms with Crippen molar-refractivity contribution in [2.45, 2.75) is 0 Å². The zero-order valence-corrected chi connectivity index (χ0v) is 29.1. The van der Waals surface area contributed by atoms with E-state index < -0.39 is 0 Å². The Morgan fingerprint density at radius 1 is 0.600 bits per heavy atom. The Morgan fingerprint density at radius 3 is 2.22 bits per heavy atom. The molecule has 0 atom stereocenters. The molecule has 6 aromatic carbocycles. The van der Waals surface area contributed by atoms with Crippen molar-refractivity contribution >= 4 is 71.6 Å². The molecule has 0 saturated carbocycles. The summed E-state index contributed by atoms with van der Waals surface area (Å²) in [6, 6.07) is 51.5. The fourth-order valence-corrected chi connectivity index (χ4v) is 7.16. The van der Waals surface area contributed by atoms with Crippen LogP contribution in [0.5, 0.6) is 0 Å². The molecule has 0 N–H and O–H groups in total. The minimum absolute atomic E-state index is 0. The summed E-state index contributed by atoms with van der Waals surface area (Å²) in [6.07, 6.45) is 5.59. The number of nitrogens with zero attached hydrogens (tertiary/aromatic N) is 5. The summed E-state index contributed by atoms with van der Waals surface area (Å²) < 4.78 is 11.1. The van der Waals surface area contributed by atoms with Crippen LogP contribution in [0.3, 0.4) is 0 Å². The summed E-state index contributed by atoms with van der Waals surface area (Å²) in [5.41, 5.74) is 7.15. The van der Waals surface area contributed by atoms with E-state index in [1.165, 1.54) is 0 Å². The second kappa shape index (κ2) is 11.9. The van der Waals surface area contributed by atoms with E-state index in [1.807, 2.05) is 54.5 Å². The molecule has 0 spiro atoms. The molecule has 0 fully saturated rings. The van der Waals surface area contributed by atoms with Gasteiger partial charge in [-0.2, -0.15) is 6.07 Å². The zero-order valence-electron chi connectivity index (χ0n) is 26.8. The van der Waals surface area contributed by atoms with E-state index in [1.54, 1.807) is 0 Å². The molecular weight excluding hydrogens is 798 g/mol. The maximum absolute atomic E-state index is 6.87. The van der Waals surface area contributed by atoms with Crippen LogP contribution in [0.2, 0.25) is 0 Å². The molecule has 0 aliphatic carbocycles. The van der Waals surface area contributed by atoms with Gasteiger partial charge in [0, 0.05) is 47.3 Å². The molecule has 240 valence electrons. The van der Waals surface area contributed by atoms with Crippen molar-refractivity contribution < 1.29 is 25.5 Å². The number of benzene rings is 6. The van der Waals surface area contributed by atoms with Crippen LogP contribution in [-0.2, 0) is 28.1 Å². The van der Waals surface area contributed by atoms with E-state index in [4.69, 9.17) is 9.40 Å². The number of aryl methyl sites for hydroxylation is 1. The molecule has 0 radical (unpaired) electrons. The minimum atomic E-state index is 0. The maximum Gasteiger partial charge on any atom is 2.00 e. The average Bonchev–Trinajstić information content (AvgIpc) is 3.86. The van der Waals surface area contributed by atoms with Crippen molar-refractivity contribution in [2.24, 2.45) is 7.05 Å². The Kier molecular flexibility index (Phi) is 7.15. The maximum atomic E-state index is 6.87. The summed E-state index contributed by atoms with van der Waals surface area (Å²) in [6.45, 7) is 0. The predicted molar refractivity (Wildman–Crippen MR) is 198 cm³/mol. The predicted octanol–water partition coefficient (Wildman–Crippen LogP) is 10.7. The third-order valence-electron chi connectivity index (χ3n) is 9.38. The molecule has 0 aliphatic rings. The van der Waals surface area contributed by atoms with Crippen molar-refractivity contribution in [3.05, 3.63) is 158 Å². The molecule has 0 aliphatic heterocycles. The molecule has 0 saturated heterocycles. The fraction of sp³-hybridized carbons (Fsp3) is 0.0233. The van der Waals surface area contributed by atoms with Crippen molar-refractivity contribution in [3.8, 4) is 17.2 Å². The van der Waals surface area contributed by atoms with Gasteiger partial charge in [0.1, 0.15) is 11.4 Å². The Bertz CT molecular complexity index is 2870. The van der Waals surface area contributed by atoms with E-state index in [0.29, 0.717) is 0 Å². The van der Waals surface area contributed by atoms with Gasteiger partial charge in [0.2, 0.25) is 0 Å². The molecule has 50 heavy (non-hydrogen) atoms. The van der Waals surface area contributed by atoms with Gasteiger partial charge in [-0.25, -0.2) is 4.98 Å². The van der Waals surface area contributed by atoms with Gasteiger partial charge >= 0.3 is 21.1 Å². The second-order valence-electron chi connectivity index (χ2n) is 12.2. The number of rotatable bonds is 5. The summed E-state index contributed by atoms with van der Waals surface area (Å²) in [5.74, 6) is 1.67. The van der Waals surface area contributed by atoms with Crippen molar-refractivity contribution in [3.63, 3.8) is 0 Å². The van der Waals surface area contributed by atoms with Crippen molar-refractivity contribution in [1.82, 2.24) is 19.1 Å². The summed E-state index contributed by atoms with van der Waals surface area (Å²) >= 11 is 0. The first kappa shape index (κ1) is 30.1. The second-order valence-corrected chi connectivity index (χ2v) is 12.2. The molecule has 4 aromatic heterocycles. The molecule has 10 aromatic rings. The Balaban J connectivity index is 0.00000336. The Labute approximate surface area is 302 Å². The van der Waals surface area contributed by atoms with Crippen LogP contribution in [0.4, 0.5) is 17.1 Å². The topological polar surface area (TPSA) is 52.0 Å². The van der Waals surface area contributed by atoms with Gasteiger partial charge in [-0.05, 0) is 46.8 Å². The molecule has 0 amide bonds. The summed E-state index contributed by atoms with van der Waals surface area (Å²) in [5, 5.41) is 6.61. The van der Waals surface area contributed by atoms with E-state index in [2.05, 4.69) is 130 Å². The number of imidazole rings is 1. The largest absolute Gasteiger partial charge is 2.00 e. The quantitative estimate of drug-likeness (QED) is 0.162. The van der Waals surface area contributed by atoms with Crippen LogP contribution in [0.25, 0.3) is 71.7 Å². The van der Waals surface area contributed by atoms with E-state index in [0.717, 1.165) is 88.8 Å². The van der Waals surface area contributed by atoms with Crippen molar-refractivity contribution in [1.29, 1.82) is 0 Å². The van der Waals surface area contributed by atoms with E-state index >= 15 is 0 Å². The smallest absolute Gasteiger partial charge is 0.453 e. The molecule has 6 nitrogen and oxygen atoms in total.